The summed E-state index contributed by atoms with van der Waals surface area (Å²) in [4.78, 5) is 12.6. The van der Waals surface area contributed by atoms with E-state index in [0.29, 0.717) is 19.6 Å². The molecule has 25 heavy (non-hydrogen) atoms. The Balaban J connectivity index is 1.41. The summed E-state index contributed by atoms with van der Waals surface area (Å²) in [5.74, 6) is 0.720. The summed E-state index contributed by atoms with van der Waals surface area (Å²) in [6.45, 7) is 1.09. The van der Waals surface area contributed by atoms with Crippen LogP contribution in [-0.2, 0) is 11.3 Å². The van der Waals surface area contributed by atoms with Gasteiger partial charge in [-0.15, -0.1) is 0 Å². The zero-order valence-corrected chi connectivity index (χ0v) is 13.8. The SMILES string of the molecule is O=C(NCc1ccc(-n2cccn2)cc1)[C@H]1CCOc2ccccc21. The van der Waals surface area contributed by atoms with E-state index in [-0.39, 0.29) is 11.8 Å². The lowest BCUT2D eigenvalue weighted by Gasteiger charge is -2.25. The third kappa shape index (κ3) is 3.26. The second-order valence-electron chi connectivity index (χ2n) is 6.06. The van der Waals surface area contributed by atoms with Crippen molar-refractivity contribution < 1.29 is 9.53 Å². The van der Waals surface area contributed by atoms with E-state index in [0.717, 1.165) is 22.6 Å². The highest BCUT2D eigenvalue weighted by molar-refractivity contribution is 5.84. The van der Waals surface area contributed by atoms with Crippen molar-refractivity contribution in [3.05, 3.63) is 78.1 Å². The fraction of sp³-hybridized carbons (Fsp3) is 0.200. The molecule has 2 heterocycles. The van der Waals surface area contributed by atoms with E-state index in [9.17, 15) is 4.79 Å². The van der Waals surface area contributed by atoms with Gasteiger partial charge in [0.15, 0.2) is 0 Å². The first-order valence-electron chi connectivity index (χ1n) is 8.40. The van der Waals surface area contributed by atoms with Gasteiger partial charge in [0.25, 0.3) is 0 Å². The topological polar surface area (TPSA) is 56.2 Å². The summed E-state index contributed by atoms with van der Waals surface area (Å²) in [5.41, 5.74) is 3.03. The fourth-order valence-corrected chi connectivity index (χ4v) is 3.11. The molecule has 0 saturated carbocycles. The van der Waals surface area contributed by atoms with Gasteiger partial charge in [-0.1, -0.05) is 30.3 Å². The number of fused-ring (bicyclic) bond motifs is 1. The van der Waals surface area contributed by atoms with Gasteiger partial charge in [0, 0.05) is 24.5 Å². The molecule has 1 atom stereocenters. The summed E-state index contributed by atoms with van der Waals surface area (Å²) < 4.78 is 7.43. The van der Waals surface area contributed by atoms with E-state index in [2.05, 4.69) is 10.4 Å². The highest BCUT2D eigenvalue weighted by Gasteiger charge is 2.27. The Bertz CT molecular complexity index is 857. The molecule has 0 unspecified atom stereocenters. The molecule has 1 aliphatic rings. The molecule has 0 radical (unpaired) electrons. The van der Waals surface area contributed by atoms with Crippen LogP contribution in [0.15, 0.2) is 67.0 Å². The molecule has 3 aromatic rings. The third-order valence-corrected chi connectivity index (χ3v) is 4.45. The van der Waals surface area contributed by atoms with Crippen molar-refractivity contribution in [2.45, 2.75) is 18.9 Å². The number of hydrogen-bond acceptors (Lipinski definition) is 3. The minimum absolute atomic E-state index is 0.0481. The van der Waals surface area contributed by atoms with Crippen LogP contribution in [0.2, 0.25) is 0 Å². The van der Waals surface area contributed by atoms with E-state index in [1.807, 2.05) is 60.8 Å². The average molecular weight is 333 g/mol. The molecule has 1 aliphatic heterocycles. The van der Waals surface area contributed by atoms with E-state index < -0.39 is 0 Å². The standard InChI is InChI=1S/C20H19N3O2/c24-20(18-10-13-25-19-5-2-1-4-17(18)19)21-14-15-6-8-16(9-7-15)23-12-3-11-22-23/h1-9,11-12,18H,10,13-14H2,(H,21,24)/t18-/m0/s1. The highest BCUT2D eigenvalue weighted by atomic mass is 16.5. The van der Waals surface area contributed by atoms with Gasteiger partial charge in [-0.2, -0.15) is 5.10 Å². The molecule has 1 N–H and O–H groups in total. The van der Waals surface area contributed by atoms with Crippen molar-refractivity contribution in [1.29, 1.82) is 0 Å². The Morgan fingerprint density at radius 2 is 2.00 bits per heavy atom. The summed E-state index contributed by atoms with van der Waals surface area (Å²) >= 11 is 0. The van der Waals surface area contributed by atoms with Gasteiger partial charge in [0.2, 0.25) is 5.91 Å². The van der Waals surface area contributed by atoms with Gasteiger partial charge in [-0.05, 0) is 36.2 Å². The molecule has 4 rings (SSSR count). The molecular formula is C20H19N3O2. The molecule has 0 aliphatic carbocycles. The van der Waals surface area contributed by atoms with Crippen molar-refractivity contribution >= 4 is 5.91 Å². The van der Waals surface area contributed by atoms with Crippen LogP contribution in [0.5, 0.6) is 5.75 Å². The van der Waals surface area contributed by atoms with E-state index in [4.69, 9.17) is 4.74 Å². The van der Waals surface area contributed by atoms with Gasteiger partial charge >= 0.3 is 0 Å². The number of amides is 1. The second-order valence-corrected chi connectivity index (χ2v) is 6.06. The lowest BCUT2D eigenvalue weighted by atomic mass is 9.92. The Labute approximate surface area is 146 Å². The van der Waals surface area contributed by atoms with Crippen LogP contribution in [-0.4, -0.2) is 22.3 Å². The summed E-state index contributed by atoms with van der Waals surface area (Å²) in [6.07, 6.45) is 4.36. The van der Waals surface area contributed by atoms with Crippen molar-refractivity contribution in [2.75, 3.05) is 6.61 Å². The molecule has 5 nitrogen and oxygen atoms in total. The number of rotatable bonds is 4. The smallest absolute Gasteiger partial charge is 0.228 e. The summed E-state index contributed by atoms with van der Waals surface area (Å²) in [7, 11) is 0. The zero-order chi connectivity index (χ0) is 17.1. The van der Waals surface area contributed by atoms with Crippen molar-refractivity contribution in [1.82, 2.24) is 15.1 Å². The van der Waals surface area contributed by atoms with Gasteiger partial charge in [-0.25, -0.2) is 4.68 Å². The molecule has 0 bridgehead atoms. The number of para-hydroxylation sites is 1. The Morgan fingerprint density at radius 3 is 2.80 bits per heavy atom. The van der Waals surface area contributed by atoms with Gasteiger partial charge in [0.05, 0.1) is 18.2 Å². The summed E-state index contributed by atoms with van der Waals surface area (Å²) in [5, 5.41) is 7.25. The van der Waals surface area contributed by atoms with Gasteiger partial charge in [0.1, 0.15) is 5.75 Å². The predicted molar refractivity (Wildman–Crippen MR) is 94.7 cm³/mol. The first-order chi connectivity index (χ1) is 12.3. The number of benzene rings is 2. The second kappa shape index (κ2) is 6.81. The third-order valence-electron chi connectivity index (χ3n) is 4.45. The highest BCUT2D eigenvalue weighted by Crippen LogP contribution is 2.33. The van der Waals surface area contributed by atoms with Gasteiger partial charge in [-0.3, -0.25) is 4.79 Å². The average Bonchev–Trinajstić information content (AvgIpc) is 3.21. The quantitative estimate of drug-likeness (QED) is 0.798. The molecular weight excluding hydrogens is 314 g/mol. The van der Waals surface area contributed by atoms with Gasteiger partial charge < -0.3 is 10.1 Å². The number of hydrogen-bond donors (Lipinski definition) is 1. The Kier molecular flexibility index (Phi) is 4.21. The minimum Gasteiger partial charge on any atom is -0.493 e. The molecule has 1 amide bonds. The number of aromatic nitrogens is 2. The predicted octanol–water partition coefficient (Wildman–Crippen LogP) is 3.05. The molecule has 0 fully saturated rings. The van der Waals surface area contributed by atoms with Crippen LogP contribution in [0.1, 0.15) is 23.5 Å². The monoisotopic (exact) mass is 333 g/mol. The maximum atomic E-state index is 12.6. The van der Waals surface area contributed by atoms with Crippen LogP contribution in [0.4, 0.5) is 0 Å². The number of nitrogens with one attached hydrogen (secondary N) is 1. The van der Waals surface area contributed by atoms with Crippen LogP contribution < -0.4 is 10.1 Å². The molecule has 1 aromatic heterocycles. The first kappa shape index (κ1) is 15.4. The molecule has 2 aromatic carbocycles. The fourth-order valence-electron chi connectivity index (χ4n) is 3.11. The van der Waals surface area contributed by atoms with Crippen molar-refractivity contribution in [2.24, 2.45) is 0 Å². The van der Waals surface area contributed by atoms with Crippen LogP contribution in [0.3, 0.4) is 0 Å². The molecule has 5 heteroatoms. The number of nitrogens with zero attached hydrogens (tertiary/aromatic N) is 2. The van der Waals surface area contributed by atoms with Crippen molar-refractivity contribution in [3.63, 3.8) is 0 Å². The van der Waals surface area contributed by atoms with E-state index >= 15 is 0 Å². The Morgan fingerprint density at radius 1 is 1.16 bits per heavy atom. The normalized spacial score (nSPS) is 15.9. The van der Waals surface area contributed by atoms with E-state index in [1.54, 1.807) is 10.9 Å². The lowest BCUT2D eigenvalue weighted by Crippen LogP contribution is -2.32. The van der Waals surface area contributed by atoms with Crippen molar-refractivity contribution in [3.8, 4) is 11.4 Å². The van der Waals surface area contributed by atoms with Crippen LogP contribution in [0.25, 0.3) is 5.69 Å². The van der Waals surface area contributed by atoms with Crippen LogP contribution >= 0.6 is 0 Å². The number of ether oxygens (including phenoxy) is 1. The number of carbonyl (C=O) groups excluding carboxylic acids is 1. The Hall–Kier alpha value is -3.08. The van der Waals surface area contributed by atoms with E-state index in [1.165, 1.54) is 0 Å². The number of carbonyl (C=O) groups is 1. The molecule has 0 saturated heterocycles. The van der Waals surface area contributed by atoms with Crippen LogP contribution in [0, 0.1) is 0 Å². The molecule has 0 spiro atoms. The first-order valence-corrected chi connectivity index (χ1v) is 8.40. The molecule has 126 valence electrons. The largest absolute Gasteiger partial charge is 0.493 e. The maximum Gasteiger partial charge on any atom is 0.228 e. The maximum absolute atomic E-state index is 12.6. The lowest BCUT2D eigenvalue weighted by molar-refractivity contribution is -0.123. The summed E-state index contributed by atoms with van der Waals surface area (Å²) in [6, 6.07) is 17.7. The minimum atomic E-state index is -0.145. The zero-order valence-electron chi connectivity index (χ0n) is 13.8.